The zero-order valence-corrected chi connectivity index (χ0v) is 12.2. The second kappa shape index (κ2) is 7.26. The molecule has 0 amide bonds. The van der Waals surface area contributed by atoms with Gasteiger partial charge in [-0.3, -0.25) is 4.21 Å². The van der Waals surface area contributed by atoms with E-state index in [1.807, 2.05) is 6.07 Å². The Morgan fingerprint density at radius 2 is 1.89 bits per heavy atom. The first-order chi connectivity index (χ1) is 8.90. The van der Waals surface area contributed by atoms with Gasteiger partial charge in [0.15, 0.2) is 0 Å². The molecule has 5 nitrogen and oxygen atoms in total. The largest absolute Gasteiger partial charge is 0.493 e. The smallest absolute Gasteiger partial charge is 0.148 e. The molecule has 19 heavy (non-hydrogen) atoms. The van der Waals surface area contributed by atoms with Crippen molar-refractivity contribution < 1.29 is 17.4 Å². The third-order valence-electron chi connectivity index (χ3n) is 2.24. The maximum absolute atomic E-state index is 11.5. The highest BCUT2D eigenvalue weighted by atomic mass is 32.2. The summed E-state index contributed by atoms with van der Waals surface area (Å²) in [5.41, 5.74) is 0.545. The van der Waals surface area contributed by atoms with Gasteiger partial charge < -0.3 is 4.74 Å². The van der Waals surface area contributed by atoms with E-state index in [4.69, 9.17) is 10.00 Å². The van der Waals surface area contributed by atoms with E-state index < -0.39 is 20.6 Å². The summed E-state index contributed by atoms with van der Waals surface area (Å²) in [4.78, 5) is 0. The SMILES string of the molecule is CS(=O)(=O)CCS(=O)CCOc1ccc(C#N)cc1. The fourth-order valence-electron chi connectivity index (χ4n) is 1.22. The minimum atomic E-state index is -3.07. The minimum absolute atomic E-state index is 0.0729. The summed E-state index contributed by atoms with van der Waals surface area (Å²) in [5, 5.41) is 8.62. The van der Waals surface area contributed by atoms with Crippen LogP contribution in [-0.4, -0.2) is 42.7 Å². The molecule has 0 spiro atoms. The molecule has 104 valence electrons. The second-order valence-electron chi connectivity index (χ2n) is 3.96. The molecule has 1 atom stereocenters. The van der Waals surface area contributed by atoms with Crippen LogP contribution in [0.5, 0.6) is 5.75 Å². The average Bonchev–Trinajstić information content (AvgIpc) is 2.36. The fourth-order valence-corrected chi connectivity index (χ4v) is 3.65. The van der Waals surface area contributed by atoms with Gasteiger partial charge >= 0.3 is 0 Å². The van der Waals surface area contributed by atoms with Gasteiger partial charge in [0.05, 0.1) is 29.7 Å². The maximum Gasteiger partial charge on any atom is 0.148 e. The van der Waals surface area contributed by atoms with Crippen LogP contribution in [0.4, 0.5) is 0 Å². The van der Waals surface area contributed by atoms with E-state index in [0.29, 0.717) is 11.3 Å². The van der Waals surface area contributed by atoms with Gasteiger partial charge in [-0.1, -0.05) is 0 Å². The number of rotatable bonds is 7. The molecule has 1 aromatic rings. The van der Waals surface area contributed by atoms with Crippen molar-refractivity contribution in [2.45, 2.75) is 0 Å². The molecule has 0 aliphatic heterocycles. The van der Waals surface area contributed by atoms with Crippen molar-refractivity contribution >= 4 is 20.6 Å². The highest BCUT2D eigenvalue weighted by Gasteiger charge is 2.07. The first-order valence-corrected chi connectivity index (χ1v) is 9.11. The van der Waals surface area contributed by atoms with Gasteiger partial charge in [-0.05, 0) is 24.3 Å². The number of benzene rings is 1. The number of hydrogen-bond donors (Lipinski definition) is 0. The number of nitrogens with zero attached hydrogens (tertiary/aromatic N) is 1. The number of hydrogen-bond acceptors (Lipinski definition) is 5. The van der Waals surface area contributed by atoms with E-state index in [1.165, 1.54) is 0 Å². The van der Waals surface area contributed by atoms with Gasteiger partial charge in [-0.15, -0.1) is 0 Å². The summed E-state index contributed by atoms with van der Waals surface area (Å²) in [6, 6.07) is 8.60. The van der Waals surface area contributed by atoms with Crippen molar-refractivity contribution in [3.8, 4) is 11.8 Å². The Bertz CT molecular complexity index is 573. The zero-order chi connectivity index (χ0) is 14.3. The average molecular weight is 301 g/mol. The second-order valence-corrected chi connectivity index (χ2v) is 7.92. The van der Waals surface area contributed by atoms with E-state index in [9.17, 15) is 12.6 Å². The lowest BCUT2D eigenvalue weighted by Crippen LogP contribution is -2.16. The van der Waals surface area contributed by atoms with E-state index in [-0.39, 0.29) is 23.9 Å². The lowest BCUT2D eigenvalue weighted by Gasteiger charge is -2.06. The Balaban J connectivity index is 2.30. The minimum Gasteiger partial charge on any atom is -0.493 e. The summed E-state index contributed by atoms with van der Waals surface area (Å²) < 4.78 is 38.7. The standard InChI is InChI=1S/C12H15NO4S2/c1-19(15,16)9-8-18(14)7-6-17-12-4-2-11(10-13)3-5-12/h2-5H,6-9H2,1H3. The number of ether oxygens (including phenoxy) is 1. The molecule has 0 radical (unpaired) electrons. The fraction of sp³-hybridized carbons (Fsp3) is 0.417. The lowest BCUT2D eigenvalue weighted by atomic mass is 10.2. The molecule has 0 saturated heterocycles. The van der Waals surface area contributed by atoms with Crippen molar-refractivity contribution in [3.05, 3.63) is 29.8 Å². The summed E-state index contributed by atoms with van der Waals surface area (Å²) in [7, 11) is -4.27. The van der Waals surface area contributed by atoms with Crippen LogP contribution in [0.1, 0.15) is 5.56 Å². The molecule has 0 saturated carbocycles. The molecular weight excluding hydrogens is 286 g/mol. The monoisotopic (exact) mass is 301 g/mol. The molecule has 1 rings (SSSR count). The van der Waals surface area contributed by atoms with E-state index in [0.717, 1.165) is 6.26 Å². The van der Waals surface area contributed by atoms with Crippen molar-refractivity contribution in [1.82, 2.24) is 0 Å². The number of sulfone groups is 1. The van der Waals surface area contributed by atoms with Crippen LogP contribution in [0.2, 0.25) is 0 Å². The summed E-state index contributed by atoms with van der Waals surface area (Å²) in [6.45, 7) is 0.252. The van der Waals surface area contributed by atoms with Gasteiger partial charge in [0.2, 0.25) is 0 Å². The van der Waals surface area contributed by atoms with Crippen molar-refractivity contribution in [2.24, 2.45) is 0 Å². The molecule has 0 aliphatic rings. The Morgan fingerprint density at radius 1 is 1.26 bits per heavy atom. The van der Waals surface area contributed by atoms with Crippen LogP contribution in [0.15, 0.2) is 24.3 Å². The first-order valence-electron chi connectivity index (χ1n) is 5.56. The molecular formula is C12H15NO4S2. The summed E-state index contributed by atoms with van der Waals surface area (Å²) >= 11 is 0. The molecule has 0 aromatic heterocycles. The lowest BCUT2D eigenvalue weighted by molar-refractivity contribution is 0.342. The van der Waals surface area contributed by atoms with Gasteiger partial charge in [0.25, 0.3) is 0 Å². The van der Waals surface area contributed by atoms with Gasteiger partial charge in [0, 0.05) is 22.8 Å². The molecule has 0 bridgehead atoms. The van der Waals surface area contributed by atoms with E-state index >= 15 is 0 Å². The molecule has 1 aromatic carbocycles. The Labute approximate surface area is 115 Å². The highest BCUT2D eigenvalue weighted by Crippen LogP contribution is 2.11. The zero-order valence-electron chi connectivity index (χ0n) is 10.5. The van der Waals surface area contributed by atoms with E-state index in [2.05, 4.69) is 0 Å². The topological polar surface area (TPSA) is 84.2 Å². The molecule has 1 unspecified atom stereocenters. The van der Waals surface area contributed by atoms with Crippen LogP contribution < -0.4 is 4.74 Å². The third kappa shape index (κ3) is 6.94. The summed E-state index contributed by atoms with van der Waals surface area (Å²) in [5.74, 6) is 0.945. The van der Waals surface area contributed by atoms with Crippen LogP contribution in [0.3, 0.4) is 0 Å². The Hall–Kier alpha value is -1.39. The van der Waals surface area contributed by atoms with Gasteiger partial charge in [-0.25, -0.2) is 8.42 Å². The molecule has 0 heterocycles. The molecule has 0 aliphatic carbocycles. The molecule has 0 fully saturated rings. The first kappa shape index (κ1) is 15.7. The van der Waals surface area contributed by atoms with Crippen LogP contribution in [0, 0.1) is 11.3 Å². The van der Waals surface area contributed by atoms with Crippen LogP contribution in [-0.2, 0) is 20.6 Å². The van der Waals surface area contributed by atoms with E-state index in [1.54, 1.807) is 24.3 Å². The van der Waals surface area contributed by atoms with Gasteiger partial charge in [-0.2, -0.15) is 5.26 Å². The van der Waals surface area contributed by atoms with Crippen molar-refractivity contribution in [2.75, 3.05) is 30.1 Å². The predicted molar refractivity (Wildman–Crippen MR) is 74.2 cm³/mol. The number of nitriles is 1. The molecule has 7 heteroatoms. The Morgan fingerprint density at radius 3 is 2.42 bits per heavy atom. The van der Waals surface area contributed by atoms with Crippen molar-refractivity contribution in [1.29, 1.82) is 5.26 Å². The quantitative estimate of drug-likeness (QED) is 0.741. The molecule has 0 N–H and O–H groups in total. The Kier molecular flexibility index (Phi) is 5.99. The van der Waals surface area contributed by atoms with Crippen LogP contribution >= 0.6 is 0 Å². The highest BCUT2D eigenvalue weighted by molar-refractivity contribution is 7.92. The predicted octanol–water partition coefficient (Wildman–Crippen LogP) is 0.730. The van der Waals surface area contributed by atoms with Crippen LogP contribution in [0.25, 0.3) is 0 Å². The summed E-state index contributed by atoms with van der Waals surface area (Å²) in [6.07, 6.45) is 1.12. The third-order valence-corrected chi connectivity index (χ3v) is 4.73. The van der Waals surface area contributed by atoms with Gasteiger partial charge in [0.1, 0.15) is 15.6 Å². The van der Waals surface area contributed by atoms with Crippen molar-refractivity contribution in [3.63, 3.8) is 0 Å². The maximum atomic E-state index is 11.5. The normalized spacial score (nSPS) is 12.6.